The molecule has 0 aliphatic rings. The van der Waals surface area contributed by atoms with Crippen LogP contribution in [0.2, 0.25) is 0 Å². The number of anilines is 1. The first-order chi connectivity index (χ1) is 9.84. The summed E-state index contributed by atoms with van der Waals surface area (Å²) in [5, 5.41) is 15.2. The summed E-state index contributed by atoms with van der Waals surface area (Å²) in [4.78, 5) is 0. The molecule has 0 amide bonds. The third-order valence-corrected chi connectivity index (χ3v) is 3.79. The number of aromatic nitrogens is 4. The second-order valence-corrected chi connectivity index (χ2v) is 5.34. The molecule has 1 N–H and O–H groups in total. The molecule has 2 aromatic carbocycles. The summed E-state index contributed by atoms with van der Waals surface area (Å²) in [6, 6.07) is 18.0. The standard InChI is InChI=1S/C14H12IN5/c15-12-8-4-5-9-13(12)16-10-14-17-18-19-20(14)11-6-2-1-3-7-11/h1-9,16H,10H2. The maximum absolute atomic E-state index is 4.07. The van der Waals surface area contributed by atoms with Crippen molar-refractivity contribution in [3.8, 4) is 5.69 Å². The van der Waals surface area contributed by atoms with Gasteiger partial charge < -0.3 is 5.32 Å². The van der Waals surface area contributed by atoms with Gasteiger partial charge in [-0.25, -0.2) is 0 Å². The minimum absolute atomic E-state index is 0.571. The Bertz CT molecular complexity index is 696. The van der Waals surface area contributed by atoms with Crippen LogP contribution < -0.4 is 5.32 Å². The van der Waals surface area contributed by atoms with Gasteiger partial charge in [0.2, 0.25) is 0 Å². The SMILES string of the molecule is Ic1ccccc1NCc1nnnn1-c1ccccc1. The van der Waals surface area contributed by atoms with E-state index in [9.17, 15) is 0 Å². The van der Waals surface area contributed by atoms with Crippen LogP contribution in [0.15, 0.2) is 54.6 Å². The molecule has 0 saturated carbocycles. The number of tetrazole rings is 1. The van der Waals surface area contributed by atoms with Crippen molar-refractivity contribution in [2.45, 2.75) is 6.54 Å². The molecule has 20 heavy (non-hydrogen) atoms. The van der Waals surface area contributed by atoms with E-state index in [2.05, 4.69) is 49.5 Å². The highest BCUT2D eigenvalue weighted by Crippen LogP contribution is 2.17. The predicted molar refractivity (Wildman–Crippen MR) is 85.6 cm³/mol. The van der Waals surface area contributed by atoms with Crippen molar-refractivity contribution in [1.29, 1.82) is 0 Å². The lowest BCUT2D eigenvalue weighted by molar-refractivity contribution is 0.768. The van der Waals surface area contributed by atoms with Crippen molar-refractivity contribution >= 4 is 28.3 Å². The van der Waals surface area contributed by atoms with E-state index in [0.29, 0.717) is 6.54 Å². The molecule has 3 rings (SSSR count). The van der Waals surface area contributed by atoms with Gasteiger partial charge in [0.1, 0.15) is 0 Å². The first-order valence-electron chi connectivity index (χ1n) is 6.15. The Labute approximate surface area is 130 Å². The Morgan fingerprint density at radius 3 is 2.55 bits per heavy atom. The molecule has 1 heterocycles. The Balaban J connectivity index is 1.80. The number of rotatable bonds is 4. The summed E-state index contributed by atoms with van der Waals surface area (Å²) in [5.74, 6) is 0.774. The van der Waals surface area contributed by atoms with Crippen LogP contribution in [0.4, 0.5) is 5.69 Å². The molecule has 0 unspecified atom stereocenters. The van der Waals surface area contributed by atoms with Gasteiger partial charge in [0.15, 0.2) is 5.82 Å². The maximum atomic E-state index is 4.07. The molecule has 0 atom stereocenters. The lowest BCUT2D eigenvalue weighted by atomic mass is 10.3. The average Bonchev–Trinajstić information content (AvgIpc) is 2.96. The van der Waals surface area contributed by atoms with Crippen LogP contribution in [0.1, 0.15) is 5.82 Å². The molecule has 6 heteroatoms. The summed E-state index contributed by atoms with van der Waals surface area (Å²) in [6.07, 6.45) is 0. The predicted octanol–water partition coefficient (Wildman–Crippen LogP) is 2.88. The Hall–Kier alpha value is -1.96. The normalized spacial score (nSPS) is 10.4. The Kier molecular flexibility index (Phi) is 3.91. The molecule has 1 aromatic heterocycles. The topological polar surface area (TPSA) is 55.6 Å². The number of halogens is 1. The molecule has 0 aliphatic heterocycles. The Morgan fingerprint density at radius 2 is 1.75 bits per heavy atom. The quantitative estimate of drug-likeness (QED) is 0.711. The van der Waals surface area contributed by atoms with Crippen molar-refractivity contribution in [1.82, 2.24) is 20.2 Å². The van der Waals surface area contributed by atoms with E-state index in [-0.39, 0.29) is 0 Å². The summed E-state index contributed by atoms with van der Waals surface area (Å²) in [5.41, 5.74) is 2.03. The van der Waals surface area contributed by atoms with Gasteiger partial charge in [0.05, 0.1) is 12.2 Å². The third-order valence-electron chi connectivity index (χ3n) is 2.85. The smallest absolute Gasteiger partial charge is 0.175 e. The molecular weight excluding hydrogens is 365 g/mol. The van der Waals surface area contributed by atoms with Crippen LogP contribution >= 0.6 is 22.6 Å². The highest BCUT2D eigenvalue weighted by Gasteiger charge is 2.08. The van der Waals surface area contributed by atoms with E-state index in [1.54, 1.807) is 4.68 Å². The van der Waals surface area contributed by atoms with Crippen LogP contribution in [0, 0.1) is 3.57 Å². The van der Waals surface area contributed by atoms with E-state index < -0.39 is 0 Å². The Morgan fingerprint density at radius 1 is 1.00 bits per heavy atom. The largest absolute Gasteiger partial charge is 0.377 e. The number of hydrogen-bond acceptors (Lipinski definition) is 4. The van der Waals surface area contributed by atoms with E-state index in [1.807, 2.05) is 48.5 Å². The monoisotopic (exact) mass is 377 g/mol. The molecule has 0 radical (unpaired) electrons. The van der Waals surface area contributed by atoms with Gasteiger partial charge in [0, 0.05) is 9.26 Å². The molecule has 0 aliphatic carbocycles. The van der Waals surface area contributed by atoms with E-state index in [0.717, 1.165) is 17.2 Å². The number of nitrogens with one attached hydrogen (secondary N) is 1. The highest BCUT2D eigenvalue weighted by atomic mass is 127. The molecule has 0 saturated heterocycles. The van der Waals surface area contributed by atoms with E-state index in [4.69, 9.17) is 0 Å². The summed E-state index contributed by atoms with van der Waals surface area (Å²) in [7, 11) is 0. The van der Waals surface area contributed by atoms with Crippen molar-refractivity contribution in [2.75, 3.05) is 5.32 Å². The minimum Gasteiger partial charge on any atom is -0.377 e. The molecule has 0 spiro atoms. The minimum atomic E-state index is 0.571. The van der Waals surface area contributed by atoms with Gasteiger partial charge in [-0.2, -0.15) is 4.68 Å². The van der Waals surface area contributed by atoms with Crippen LogP contribution in [0.25, 0.3) is 5.69 Å². The zero-order valence-electron chi connectivity index (χ0n) is 10.6. The van der Waals surface area contributed by atoms with E-state index >= 15 is 0 Å². The number of hydrogen-bond donors (Lipinski definition) is 1. The van der Waals surface area contributed by atoms with Gasteiger partial charge in [-0.15, -0.1) is 5.10 Å². The molecule has 3 aromatic rings. The lowest BCUT2D eigenvalue weighted by Gasteiger charge is -2.08. The second-order valence-electron chi connectivity index (χ2n) is 4.18. The first kappa shape index (κ1) is 13.0. The maximum Gasteiger partial charge on any atom is 0.175 e. The summed E-state index contributed by atoms with van der Waals surface area (Å²) in [6.45, 7) is 0.571. The van der Waals surface area contributed by atoms with Crippen molar-refractivity contribution in [3.63, 3.8) is 0 Å². The molecule has 5 nitrogen and oxygen atoms in total. The number of nitrogens with zero attached hydrogens (tertiary/aromatic N) is 4. The van der Waals surface area contributed by atoms with Crippen molar-refractivity contribution in [3.05, 3.63) is 64.0 Å². The zero-order chi connectivity index (χ0) is 13.8. The van der Waals surface area contributed by atoms with Gasteiger partial charge in [-0.1, -0.05) is 30.3 Å². The van der Waals surface area contributed by atoms with Crippen LogP contribution in [-0.4, -0.2) is 20.2 Å². The molecular formula is C14H12IN5. The number of para-hydroxylation sites is 2. The summed E-state index contributed by atoms with van der Waals surface area (Å²) >= 11 is 2.30. The zero-order valence-corrected chi connectivity index (χ0v) is 12.7. The lowest BCUT2D eigenvalue weighted by Crippen LogP contribution is -2.09. The van der Waals surface area contributed by atoms with Crippen LogP contribution in [-0.2, 0) is 6.54 Å². The summed E-state index contributed by atoms with van der Waals surface area (Å²) < 4.78 is 2.91. The fraction of sp³-hybridized carbons (Fsp3) is 0.0714. The van der Waals surface area contributed by atoms with Crippen LogP contribution in [0.5, 0.6) is 0 Å². The fourth-order valence-electron chi connectivity index (χ4n) is 1.86. The molecule has 0 bridgehead atoms. The highest BCUT2D eigenvalue weighted by molar-refractivity contribution is 14.1. The average molecular weight is 377 g/mol. The second kappa shape index (κ2) is 6.00. The fourth-order valence-corrected chi connectivity index (χ4v) is 2.44. The van der Waals surface area contributed by atoms with Crippen molar-refractivity contribution in [2.24, 2.45) is 0 Å². The van der Waals surface area contributed by atoms with Gasteiger partial charge in [-0.05, 0) is 57.3 Å². The van der Waals surface area contributed by atoms with Crippen LogP contribution in [0.3, 0.4) is 0 Å². The molecule has 0 fully saturated rings. The third kappa shape index (κ3) is 2.79. The van der Waals surface area contributed by atoms with Gasteiger partial charge in [0.25, 0.3) is 0 Å². The van der Waals surface area contributed by atoms with E-state index in [1.165, 1.54) is 3.57 Å². The number of benzene rings is 2. The van der Waals surface area contributed by atoms with Gasteiger partial charge >= 0.3 is 0 Å². The van der Waals surface area contributed by atoms with Crippen molar-refractivity contribution < 1.29 is 0 Å². The van der Waals surface area contributed by atoms with Gasteiger partial charge in [-0.3, -0.25) is 0 Å². The first-order valence-corrected chi connectivity index (χ1v) is 7.23. The molecule has 100 valence electrons.